The van der Waals surface area contributed by atoms with Crippen molar-refractivity contribution in [2.24, 2.45) is 5.41 Å². The van der Waals surface area contributed by atoms with Gasteiger partial charge in [0, 0.05) is 41.7 Å². The molecule has 0 radical (unpaired) electrons. The number of amides is 1. The predicted octanol–water partition coefficient (Wildman–Crippen LogP) is 5.87. The van der Waals surface area contributed by atoms with E-state index in [0.29, 0.717) is 35.6 Å². The van der Waals surface area contributed by atoms with Crippen LogP contribution in [0, 0.1) is 28.4 Å². The summed E-state index contributed by atoms with van der Waals surface area (Å²) in [5.74, 6) is -0.966. The smallest absolute Gasteiger partial charge is 0.412 e. The highest BCUT2D eigenvalue weighted by Gasteiger charge is 2.40. The second-order valence-corrected chi connectivity index (χ2v) is 13.5. The van der Waals surface area contributed by atoms with Gasteiger partial charge in [-0.15, -0.1) is 11.3 Å². The van der Waals surface area contributed by atoms with Crippen LogP contribution in [0.1, 0.15) is 51.3 Å². The SMILES string of the molecule is CNC1CN(c2ncc3c4c(c(-c5ncc(F)c6sc(NC(=O)OC(C)(C)C)c(C#N)c56)c(F)c3n2)COC4)CC1(C)C. The maximum absolute atomic E-state index is 16.8. The van der Waals surface area contributed by atoms with Gasteiger partial charge < -0.3 is 19.7 Å². The minimum atomic E-state index is -0.800. The van der Waals surface area contributed by atoms with Crippen LogP contribution < -0.4 is 15.5 Å². The molecular weight excluding hydrogens is 576 g/mol. The monoisotopic (exact) mass is 607 g/mol. The second kappa shape index (κ2) is 10.3. The second-order valence-electron chi connectivity index (χ2n) is 12.5. The topological polar surface area (TPSA) is 125 Å². The minimum Gasteiger partial charge on any atom is -0.444 e. The van der Waals surface area contributed by atoms with E-state index in [1.807, 2.05) is 11.9 Å². The largest absolute Gasteiger partial charge is 0.444 e. The normalized spacial score (nSPS) is 17.8. The average Bonchev–Trinajstić information content (AvgIpc) is 3.64. The van der Waals surface area contributed by atoms with Crippen molar-refractivity contribution in [3.05, 3.63) is 40.7 Å². The van der Waals surface area contributed by atoms with Gasteiger partial charge >= 0.3 is 6.09 Å². The number of ether oxygens (including phenoxy) is 2. The van der Waals surface area contributed by atoms with Crippen LogP contribution in [-0.4, -0.2) is 52.8 Å². The first kappa shape index (κ1) is 29.1. The molecule has 1 fully saturated rings. The molecule has 1 aromatic carbocycles. The number of nitrogens with zero attached hydrogens (tertiary/aromatic N) is 5. The Morgan fingerprint density at radius 2 is 1.98 bits per heavy atom. The Hall–Kier alpha value is -3.99. The molecule has 2 N–H and O–H groups in total. The Morgan fingerprint density at radius 3 is 2.65 bits per heavy atom. The van der Waals surface area contributed by atoms with Crippen molar-refractivity contribution >= 4 is 49.4 Å². The molecule has 1 atom stereocenters. The number of aromatic nitrogens is 3. The van der Waals surface area contributed by atoms with E-state index in [0.717, 1.165) is 17.5 Å². The van der Waals surface area contributed by atoms with Gasteiger partial charge in [0.2, 0.25) is 5.95 Å². The number of carbonyl (C=O) groups is 1. The van der Waals surface area contributed by atoms with Crippen LogP contribution >= 0.6 is 11.3 Å². The number of carbonyl (C=O) groups excluding carboxylic acids is 1. The number of nitriles is 1. The Morgan fingerprint density at radius 1 is 1.23 bits per heavy atom. The van der Waals surface area contributed by atoms with Crippen LogP contribution in [0.15, 0.2) is 12.4 Å². The summed E-state index contributed by atoms with van der Waals surface area (Å²) in [4.78, 5) is 28.2. The number of pyridine rings is 1. The molecule has 224 valence electrons. The maximum Gasteiger partial charge on any atom is 0.412 e. The Balaban J connectivity index is 1.54. The van der Waals surface area contributed by atoms with Crippen molar-refractivity contribution in [2.45, 2.75) is 59.5 Å². The van der Waals surface area contributed by atoms with E-state index in [2.05, 4.69) is 40.5 Å². The molecule has 4 aromatic rings. The van der Waals surface area contributed by atoms with Gasteiger partial charge in [0.05, 0.1) is 35.4 Å². The summed E-state index contributed by atoms with van der Waals surface area (Å²) in [6.07, 6.45) is 1.82. The van der Waals surface area contributed by atoms with Gasteiger partial charge in [-0.25, -0.2) is 23.5 Å². The first-order chi connectivity index (χ1) is 20.3. The standard InChI is InChI=1S/C30H31F2N7O3S/c1-29(2,3)42-28(40)38-26-14(7-33)21-24(35-9-18(31)25(21)43-26)20-17-12-41-11-16(17)15-8-36-27(37-23(15)22(20)32)39-10-19(34-6)30(4,5)13-39/h8-9,19,34H,10-13H2,1-6H3,(H,38,40). The molecule has 1 saturated heterocycles. The number of rotatable bonds is 4. The van der Waals surface area contributed by atoms with Gasteiger partial charge in [0.15, 0.2) is 11.6 Å². The van der Waals surface area contributed by atoms with E-state index in [4.69, 9.17) is 14.5 Å². The highest BCUT2D eigenvalue weighted by Crippen LogP contribution is 2.46. The number of halogens is 2. The summed E-state index contributed by atoms with van der Waals surface area (Å²) in [5.41, 5.74) is 0.617. The van der Waals surface area contributed by atoms with Crippen molar-refractivity contribution in [3.8, 4) is 17.3 Å². The lowest BCUT2D eigenvalue weighted by atomic mass is 9.88. The number of thiophene rings is 1. The van der Waals surface area contributed by atoms with Crippen LogP contribution in [0.5, 0.6) is 0 Å². The van der Waals surface area contributed by atoms with Gasteiger partial charge in [-0.2, -0.15) is 5.26 Å². The summed E-state index contributed by atoms with van der Waals surface area (Å²) >= 11 is 0.861. The molecule has 6 rings (SSSR count). The zero-order chi connectivity index (χ0) is 30.8. The fraction of sp³-hybridized carbons (Fsp3) is 0.433. The lowest BCUT2D eigenvalue weighted by Crippen LogP contribution is -2.38. The molecule has 13 heteroatoms. The molecule has 2 aliphatic rings. The van der Waals surface area contributed by atoms with Crippen molar-refractivity contribution in [3.63, 3.8) is 0 Å². The highest BCUT2D eigenvalue weighted by molar-refractivity contribution is 7.23. The van der Waals surface area contributed by atoms with Crippen LogP contribution in [-0.2, 0) is 22.7 Å². The average molecular weight is 608 g/mol. The molecule has 0 aliphatic carbocycles. The number of hydrogen-bond donors (Lipinski definition) is 2. The van der Waals surface area contributed by atoms with Crippen molar-refractivity contribution in [1.29, 1.82) is 5.26 Å². The molecule has 1 unspecified atom stereocenters. The quantitative estimate of drug-likeness (QED) is 0.293. The first-order valence-corrected chi connectivity index (χ1v) is 14.7. The molecule has 0 bridgehead atoms. The minimum absolute atomic E-state index is 0.0409. The predicted molar refractivity (Wildman–Crippen MR) is 160 cm³/mol. The van der Waals surface area contributed by atoms with Crippen molar-refractivity contribution < 1.29 is 23.0 Å². The van der Waals surface area contributed by atoms with Crippen molar-refractivity contribution in [2.75, 3.05) is 30.4 Å². The number of anilines is 2. The van der Waals surface area contributed by atoms with E-state index in [9.17, 15) is 10.1 Å². The fourth-order valence-corrected chi connectivity index (χ4v) is 6.96. The number of likely N-dealkylation sites (N-methyl/N-ethyl adjacent to an activating group) is 1. The van der Waals surface area contributed by atoms with E-state index in [-0.39, 0.29) is 62.1 Å². The van der Waals surface area contributed by atoms with E-state index in [1.54, 1.807) is 27.0 Å². The summed E-state index contributed by atoms with van der Waals surface area (Å²) in [6.45, 7) is 11.1. The molecular formula is C30H31F2N7O3S. The number of nitrogens with one attached hydrogen (secondary N) is 2. The Labute approximate surface area is 251 Å². The summed E-state index contributed by atoms with van der Waals surface area (Å²) in [7, 11) is 1.91. The third-order valence-corrected chi connectivity index (χ3v) is 9.01. The van der Waals surface area contributed by atoms with Gasteiger partial charge in [-0.3, -0.25) is 10.3 Å². The van der Waals surface area contributed by atoms with E-state index < -0.39 is 23.3 Å². The third kappa shape index (κ3) is 4.93. The van der Waals surface area contributed by atoms with E-state index >= 15 is 8.78 Å². The van der Waals surface area contributed by atoms with Crippen LogP contribution in [0.4, 0.5) is 24.5 Å². The van der Waals surface area contributed by atoms with Crippen LogP contribution in [0.3, 0.4) is 0 Å². The summed E-state index contributed by atoms with van der Waals surface area (Å²) in [5, 5.41) is 16.7. The lowest BCUT2D eigenvalue weighted by Gasteiger charge is -2.24. The summed E-state index contributed by atoms with van der Waals surface area (Å²) in [6, 6.07) is 2.25. The molecule has 1 amide bonds. The van der Waals surface area contributed by atoms with E-state index in [1.165, 1.54) is 0 Å². The maximum atomic E-state index is 16.8. The van der Waals surface area contributed by atoms with Gasteiger partial charge in [-0.1, -0.05) is 13.8 Å². The van der Waals surface area contributed by atoms with Crippen LogP contribution in [0.2, 0.25) is 0 Å². The number of benzene rings is 1. The molecule has 2 aliphatic heterocycles. The number of fused-ring (bicyclic) bond motifs is 4. The zero-order valence-corrected chi connectivity index (χ0v) is 25.5. The lowest BCUT2D eigenvalue weighted by molar-refractivity contribution is 0.0636. The first-order valence-electron chi connectivity index (χ1n) is 13.8. The third-order valence-electron chi connectivity index (χ3n) is 7.90. The Bertz CT molecular complexity index is 1840. The van der Waals surface area contributed by atoms with Crippen LogP contribution in [0.25, 0.3) is 32.2 Å². The van der Waals surface area contributed by atoms with Gasteiger partial charge in [0.1, 0.15) is 22.2 Å². The highest BCUT2D eigenvalue weighted by atomic mass is 32.1. The molecule has 5 heterocycles. The molecule has 43 heavy (non-hydrogen) atoms. The Kier molecular flexibility index (Phi) is 6.99. The summed E-state index contributed by atoms with van der Waals surface area (Å²) < 4.78 is 43.0. The molecule has 0 spiro atoms. The zero-order valence-electron chi connectivity index (χ0n) is 24.7. The number of hydrogen-bond acceptors (Lipinski definition) is 10. The molecule has 0 saturated carbocycles. The molecule has 10 nitrogen and oxygen atoms in total. The van der Waals surface area contributed by atoms with Crippen molar-refractivity contribution in [1.82, 2.24) is 20.3 Å². The van der Waals surface area contributed by atoms with Gasteiger partial charge in [0.25, 0.3) is 0 Å². The fourth-order valence-electron chi connectivity index (χ4n) is 5.92. The molecule has 3 aromatic heterocycles. The van der Waals surface area contributed by atoms with Gasteiger partial charge in [-0.05, 0) is 44.4 Å².